The van der Waals surface area contributed by atoms with E-state index in [9.17, 15) is 5.11 Å². The summed E-state index contributed by atoms with van der Waals surface area (Å²) in [5.41, 5.74) is 1.19. The molecule has 0 fully saturated rings. The summed E-state index contributed by atoms with van der Waals surface area (Å²) in [4.78, 5) is -0.619. The number of hydrogen-bond acceptors (Lipinski definition) is 2. The Kier molecular flexibility index (Phi) is 3.02. The maximum atomic E-state index is 9.83. The van der Waals surface area contributed by atoms with Crippen LogP contribution in [-0.2, 0) is 0 Å². The van der Waals surface area contributed by atoms with E-state index < -0.39 is 4.93 Å². The minimum absolute atomic E-state index is 0.470. The Morgan fingerprint density at radius 1 is 1.75 bits per heavy atom. The standard InChI is InChI=1S/C10H16OS/c1-8(2)9-4-6-10(11,12-3)7-5-9/h4,6,9,11H,1,5,7H2,2-3H3. The van der Waals surface area contributed by atoms with Crippen LogP contribution < -0.4 is 0 Å². The summed E-state index contributed by atoms with van der Waals surface area (Å²) in [6.45, 7) is 5.95. The SMILES string of the molecule is C=C(C)C1C=CC(O)(SC)CC1. The van der Waals surface area contributed by atoms with Crippen molar-refractivity contribution in [1.82, 2.24) is 0 Å². The summed E-state index contributed by atoms with van der Waals surface area (Å²) in [7, 11) is 0. The quantitative estimate of drug-likeness (QED) is 0.526. The topological polar surface area (TPSA) is 20.2 Å². The van der Waals surface area contributed by atoms with E-state index in [1.807, 2.05) is 19.3 Å². The molecule has 1 nitrogen and oxygen atoms in total. The Morgan fingerprint density at radius 2 is 2.42 bits per heavy atom. The van der Waals surface area contributed by atoms with Gasteiger partial charge < -0.3 is 5.11 Å². The summed E-state index contributed by atoms with van der Waals surface area (Å²) in [5, 5.41) is 9.83. The van der Waals surface area contributed by atoms with Crippen molar-refractivity contribution in [1.29, 1.82) is 0 Å². The van der Waals surface area contributed by atoms with Crippen molar-refractivity contribution < 1.29 is 5.11 Å². The summed E-state index contributed by atoms with van der Waals surface area (Å²) >= 11 is 1.50. The van der Waals surface area contributed by atoms with Crippen molar-refractivity contribution in [2.45, 2.75) is 24.7 Å². The van der Waals surface area contributed by atoms with Crippen molar-refractivity contribution in [3.05, 3.63) is 24.3 Å². The van der Waals surface area contributed by atoms with Crippen molar-refractivity contribution in [2.24, 2.45) is 5.92 Å². The van der Waals surface area contributed by atoms with E-state index in [1.165, 1.54) is 17.3 Å². The monoisotopic (exact) mass is 184 g/mol. The molecule has 68 valence electrons. The van der Waals surface area contributed by atoms with Crippen LogP contribution in [0.1, 0.15) is 19.8 Å². The molecular formula is C10H16OS. The van der Waals surface area contributed by atoms with Gasteiger partial charge in [-0.05, 0) is 38.0 Å². The van der Waals surface area contributed by atoms with Crippen molar-refractivity contribution in [3.63, 3.8) is 0 Å². The Bertz CT molecular complexity index is 210. The van der Waals surface area contributed by atoms with Gasteiger partial charge in [-0.3, -0.25) is 0 Å². The highest BCUT2D eigenvalue weighted by Crippen LogP contribution is 2.35. The van der Waals surface area contributed by atoms with Gasteiger partial charge in [0.2, 0.25) is 0 Å². The fourth-order valence-electron chi connectivity index (χ4n) is 1.39. The largest absolute Gasteiger partial charge is 0.376 e. The zero-order chi connectivity index (χ0) is 9.19. The number of rotatable bonds is 2. The van der Waals surface area contributed by atoms with Crippen LogP contribution in [-0.4, -0.2) is 16.3 Å². The van der Waals surface area contributed by atoms with Gasteiger partial charge in [-0.15, -0.1) is 11.8 Å². The maximum Gasteiger partial charge on any atom is 0.128 e. The fraction of sp³-hybridized carbons (Fsp3) is 0.600. The molecule has 12 heavy (non-hydrogen) atoms. The minimum Gasteiger partial charge on any atom is -0.376 e. The van der Waals surface area contributed by atoms with E-state index in [0.717, 1.165) is 12.8 Å². The second-order valence-electron chi connectivity index (χ2n) is 3.40. The molecule has 0 aliphatic heterocycles. The normalized spacial score (nSPS) is 35.1. The summed E-state index contributed by atoms with van der Waals surface area (Å²) in [5.74, 6) is 0.470. The van der Waals surface area contributed by atoms with E-state index in [1.54, 1.807) is 0 Å². The molecule has 1 aliphatic rings. The molecule has 1 rings (SSSR count). The van der Waals surface area contributed by atoms with E-state index in [2.05, 4.69) is 12.7 Å². The van der Waals surface area contributed by atoms with Gasteiger partial charge in [-0.1, -0.05) is 18.2 Å². The fourth-order valence-corrected chi connectivity index (χ4v) is 1.93. The molecule has 0 aromatic heterocycles. The highest BCUT2D eigenvalue weighted by Gasteiger charge is 2.27. The van der Waals surface area contributed by atoms with Crippen LogP contribution in [0.15, 0.2) is 24.3 Å². The average molecular weight is 184 g/mol. The molecule has 0 saturated carbocycles. The van der Waals surface area contributed by atoms with Crippen LogP contribution >= 0.6 is 11.8 Å². The van der Waals surface area contributed by atoms with Crippen LogP contribution in [0.4, 0.5) is 0 Å². The highest BCUT2D eigenvalue weighted by atomic mass is 32.2. The Morgan fingerprint density at radius 3 is 2.75 bits per heavy atom. The molecule has 1 N–H and O–H groups in total. The van der Waals surface area contributed by atoms with E-state index in [-0.39, 0.29) is 0 Å². The summed E-state index contributed by atoms with van der Waals surface area (Å²) in [6.07, 6.45) is 7.76. The molecule has 0 heterocycles. The Hall–Kier alpha value is -0.210. The molecule has 0 amide bonds. The molecule has 2 heteroatoms. The van der Waals surface area contributed by atoms with Gasteiger partial charge in [0.15, 0.2) is 0 Å². The van der Waals surface area contributed by atoms with Gasteiger partial charge in [0, 0.05) is 0 Å². The van der Waals surface area contributed by atoms with Gasteiger partial charge >= 0.3 is 0 Å². The van der Waals surface area contributed by atoms with Gasteiger partial charge in [-0.2, -0.15) is 0 Å². The van der Waals surface area contributed by atoms with Crippen LogP contribution in [0.5, 0.6) is 0 Å². The van der Waals surface area contributed by atoms with E-state index in [4.69, 9.17) is 0 Å². The van der Waals surface area contributed by atoms with Gasteiger partial charge in [0.25, 0.3) is 0 Å². The molecule has 0 aromatic carbocycles. The third kappa shape index (κ3) is 2.14. The lowest BCUT2D eigenvalue weighted by atomic mass is 9.89. The first kappa shape index (κ1) is 9.87. The smallest absolute Gasteiger partial charge is 0.128 e. The molecule has 0 spiro atoms. The second kappa shape index (κ2) is 3.67. The van der Waals surface area contributed by atoms with Gasteiger partial charge in [0.05, 0.1) is 0 Å². The Balaban J connectivity index is 2.64. The number of hydrogen-bond donors (Lipinski definition) is 1. The van der Waals surface area contributed by atoms with E-state index in [0.29, 0.717) is 5.92 Å². The molecule has 0 radical (unpaired) electrons. The number of aliphatic hydroxyl groups is 1. The third-order valence-electron chi connectivity index (χ3n) is 2.39. The van der Waals surface area contributed by atoms with Gasteiger partial charge in [-0.25, -0.2) is 0 Å². The van der Waals surface area contributed by atoms with E-state index >= 15 is 0 Å². The molecule has 2 atom stereocenters. The zero-order valence-corrected chi connectivity index (χ0v) is 8.53. The van der Waals surface area contributed by atoms with Crippen molar-refractivity contribution >= 4 is 11.8 Å². The maximum absolute atomic E-state index is 9.83. The highest BCUT2D eigenvalue weighted by molar-refractivity contribution is 7.99. The first-order valence-electron chi connectivity index (χ1n) is 4.20. The average Bonchev–Trinajstić information content (AvgIpc) is 2.05. The zero-order valence-electron chi connectivity index (χ0n) is 7.71. The predicted octanol–water partition coefficient (Wildman–Crippen LogP) is 2.58. The van der Waals surface area contributed by atoms with Crippen LogP contribution in [0.25, 0.3) is 0 Å². The van der Waals surface area contributed by atoms with Crippen LogP contribution in [0, 0.1) is 5.92 Å². The molecular weight excluding hydrogens is 168 g/mol. The van der Waals surface area contributed by atoms with Crippen molar-refractivity contribution in [2.75, 3.05) is 6.26 Å². The summed E-state index contributed by atoms with van der Waals surface area (Å²) < 4.78 is 0. The lowest BCUT2D eigenvalue weighted by Crippen LogP contribution is -2.25. The summed E-state index contributed by atoms with van der Waals surface area (Å²) in [6, 6.07) is 0. The third-order valence-corrected chi connectivity index (χ3v) is 3.44. The molecule has 2 unspecified atom stereocenters. The Labute approximate surface area is 78.6 Å². The first-order valence-corrected chi connectivity index (χ1v) is 5.42. The van der Waals surface area contributed by atoms with Gasteiger partial charge in [0.1, 0.15) is 4.93 Å². The lowest BCUT2D eigenvalue weighted by Gasteiger charge is -2.29. The van der Waals surface area contributed by atoms with Crippen molar-refractivity contribution in [3.8, 4) is 0 Å². The molecule has 0 aromatic rings. The lowest BCUT2D eigenvalue weighted by molar-refractivity contribution is 0.164. The van der Waals surface area contributed by atoms with Crippen LogP contribution in [0.3, 0.4) is 0 Å². The van der Waals surface area contributed by atoms with Crippen LogP contribution in [0.2, 0.25) is 0 Å². The number of allylic oxidation sites excluding steroid dienone is 2. The molecule has 1 aliphatic carbocycles. The first-order chi connectivity index (χ1) is 5.57. The predicted molar refractivity (Wildman–Crippen MR) is 55.1 cm³/mol. The molecule has 0 saturated heterocycles. The minimum atomic E-state index is -0.619. The molecule has 0 bridgehead atoms. The number of thioether (sulfide) groups is 1. The second-order valence-corrected chi connectivity index (χ2v) is 4.51.